The molecule has 0 spiro atoms. The molecule has 0 fully saturated rings. The van der Waals surface area contributed by atoms with Gasteiger partial charge in [0, 0.05) is 0 Å². The molecule has 0 radical (unpaired) electrons. The van der Waals surface area contributed by atoms with Gasteiger partial charge in [-0.2, -0.15) is 10.3 Å². The van der Waals surface area contributed by atoms with Gasteiger partial charge in [0.2, 0.25) is 5.82 Å². The minimum absolute atomic E-state index is 0.529. The lowest BCUT2D eigenvalue weighted by Gasteiger charge is -2.03. The van der Waals surface area contributed by atoms with Gasteiger partial charge in [0.1, 0.15) is 4.60 Å². The smallest absolute Gasteiger partial charge is 0.208 e. The van der Waals surface area contributed by atoms with Gasteiger partial charge in [-0.05, 0) is 26.7 Å². The van der Waals surface area contributed by atoms with Crippen LogP contribution in [0.15, 0.2) is 41.1 Å². The fraction of sp³-hybridized carbons (Fsp3) is 0.0909. The molecule has 18 heavy (non-hydrogen) atoms. The van der Waals surface area contributed by atoms with Gasteiger partial charge in [-0.3, -0.25) is 4.68 Å². The number of H-pyrrole nitrogens is 1. The van der Waals surface area contributed by atoms with Gasteiger partial charge < -0.3 is 0 Å². The van der Waals surface area contributed by atoms with E-state index in [0.717, 1.165) is 10.2 Å². The molecule has 0 unspecified atom stereocenters. The van der Waals surface area contributed by atoms with E-state index in [2.05, 4.69) is 53.8 Å². The lowest BCUT2D eigenvalue weighted by atomic mass is 10.2. The lowest BCUT2D eigenvalue weighted by Crippen LogP contribution is -2.01. The van der Waals surface area contributed by atoms with Crippen molar-refractivity contribution in [3.8, 4) is 11.4 Å². The Morgan fingerprint density at radius 1 is 1.22 bits per heavy atom. The predicted octanol–water partition coefficient (Wildman–Crippen LogP) is 1.87. The van der Waals surface area contributed by atoms with Gasteiger partial charge in [-0.15, -0.1) is 10.2 Å². The first kappa shape index (κ1) is 11.1. The Morgan fingerprint density at radius 2 is 2.06 bits per heavy atom. The highest BCUT2D eigenvalue weighted by Gasteiger charge is 2.13. The molecule has 0 bridgehead atoms. The lowest BCUT2D eigenvalue weighted by molar-refractivity contribution is 0.672. The third-order valence-electron chi connectivity index (χ3n) is 2.54. The average molecular weight is 305 g/mol. The number of benzene rings is 1. The van der Waals surface area contributed by atoms with Crippen molar-refractivity contribution >= 4 is 15.9 Å². The molecule has 0 aliphatic rings. The normalized spacial score (nSPS) is 10.7. The molecule has 6 nitrogen and oxygen atoms in total. The number of rotatable bonds is 3. The van der Waals surface area contributed by atoms with Gasteiger partial charge in [0.25, 0.3) is 0 Å². The van der Waals surface area contributed by atoms with Crippen molar-refractivity contribution in [3.05, 3.63) is 46.7 Å². The highest BCUT2D eigenvalue weighted by molar-refractivity contribution is 9.10. The highest BCUT2D eigenvalue weighted by Crippen LogP contribution is 2.24. The van der Waals surface area contributed by atoms with E-state index in [-0.39, 0.29) is 0 Å². The van der Waals surface area contributed by atoms with E-state index < -0.39 is 0 Å². The standard InChI is InChI=1S/C11H9BrN6/c12-10-9(11-14-16-17-15-11)6-13-18(10)7-8-4-2-1-3-5-8/h1-6H,7H2,(H,14,15,16,17). The first-order valence-electron chi connectivity index (χ1n) is 5.33. The summed E-state index contributed by atoms with van der Waals surface area (Å²) in [6.07, 6.45) is 1.72. The number of hydrogen-bond acceptors (Lipinski definition) is 4. The van der Waals surface area contributed by atoms with Gasteiger partial charge in [-0.25, -0.2) is 0 Å². The topological polar surface area (TPSA) is 72.3 Å². The van der Waals surface area contributed by atoms with E-state index >= 15 is 0 Å². The zero-order chi connectivity index (χ0) is 12.4. The summed E-state index contributed by atoms with van der Waals surface area (Å²) in [5, 5.41) is 18.2. The molecule has 3 aromatic rings. The number of nitrogens with one attached hydrogen (secondary N) is 1. The third kappa shape index (κ3) is 2.04. The summed E-state index contributed by atoms with van der Waals surface area (Å²) >= 11 is 3.51. The van der Waals surface area contributed by atoms with E-state index in [0.29, 0.717) is 12.4 Å². The minimum Gasteiger partial charge on any atom is -0.253 e. The first-order chi connectivity index (χ1) is 8.84. The predicted molar refractivity (Wildman–Crippen MR) is 68.6 cm³/mol. The number of hydrogen-bond donors (Lipinski definition) is 1. The van der Waals surface area contributed by atoms with Crippen molar-refractivity contribution in [1.82, 2.24) is 30.4 Å². The minimum atomic E-state index is 0.529. The molecule has 1 aromatic carbocycles. The van der Waals surface area contributed by atoms with Crippen LogP contribution in [-0.4, -0.2) is 30.4 Å². The summed E-state index contributed by atoms with van der Waals surface area (Å²) in [4.78, 5) is 0. The number of nitrogens with zero attached hydrogens (tertiary/aromatic N) is 5. The largest absolute Gasteiger partial charge is 0.253 e. The summed E-state index contributed by atoms with van der Waals surface area (Å²) in [7, 11) is 0. The van der Waals surface area contributed by atoms with E-state index in [9.17, 15) is 0 Å². The fourth-order valence-corrected chi connectivity index (χ4v) is 2.16. The monoisotopic (exact) mass is 304 g/mol. The zero-order valence-electron chi connectivity index (χ0n) is 9.29. The molecule has 0 amide bonds. The number of aromatic amines is 1. The summed E-state index contributed by atoms with van der Waals surface area (Å²) in [6, 6.07) is 10.1. The Morgan fingerprint density at radius 3 is 2.78 bits per heavy atom. The van der Waals surface area contributed by atoms with Crippen LogP contribution in [0.25, 0.3) is 11.4 Å². The van der Waals surface area contributed by atoms with Crippen LogP contribution in [0.4, 0.5) is 0 Å². The van der Waals surface area contributed by atoms with E-state index in [1.54, 1.807) is 6.20 Å². The van der Waals surface area contributed by atoms with Crippen LogP contribution in [0.5, 0.6) is 0 Å². The second-order valence-corrected chi connectivity index (χ2v) is 4.48. The molecule has 0 saturated carbocycles. The molecular formula is C11H9BrN6. The Hall–Kier alpha value is -2.02. The second kappa shape index (κ2) is 4.69. The summed E-state index contributed by atoms with van der Waals surface area (Å²) in [5.41, 5.74) is 2.00. The Balaban J connectivity index is 1.91. The van der Waals surface area contributed by atoms with E-state index in [4.69, 9.17) is 0 Å². The molecule has 0 aliphatic carbocycles. The van der Waals surface area contributed by atoms with Crippen molar-refractivity contribution in [2.75, 3.05) is 0 Å². The van der Waals surface area contributed by atoms with Crippen molar-refractivity contribution in [2.45, 2.75) is 6.54 Å². The van der Waals surface area contributed by atoms with Crippen LogP contribution in [0.3, 0.4) is 0 Å². The third-order valence-corrected chi connectivity index (χ3v) is 3.37. The molecule has 0 aliphatic heterocycles. The molecular weight excluding hydrogens is 296 g/mol. The quantitative estimate of drug-likeness (QED) is 0.802. The van der Waals surface area contributed by atoms with E-state index in [1.165, 1.54) is 5.56 Å². The van der Waals surface area contributed by atoms with Gasteiger partial charge in [0.05, 0.1) is 18.3 Å². The zero-order valence-corrected chi connectivity index (χ0v) is 10.9. The molecule has 7 heteroatoms. The van der Waals surface area contributed by atoms with Crippen molar-refractivity contribution in [1.29, 1.82) is 0 Å². The first-order valence-corrected chi connectivity index (χ1v) is 6.13. The maximum Gasteiger partial charge on any atom is 0.208 e. The molecule has 2 aromatic heterocycles. The number of halogens is 1. The molecule has 90 valence electrons. The molecule has 2 heterocycles. The van der Waals surface area contributed by atoms with Crippen LogP contribution >= 0.6 is 15.9 Å². The maximum absolute atomic E-state index is 4.32. The number of tetrazole rings is 1. The maximum atomic E-state index is 4.32. The van der Waals surface area contributed by atoms with Gasteiger partial charge in [-0.1, -0.05) is 30.3 Å². The summed E-state index contributed by atoms with van der Waals surface area (Å²) in [5.74, 6) is 0.529. The van der Waals surface area contributed by atoms with E-state index in [1.807, 2.05) is 22.9 Å². The van der Waals surface area contributed by atoms with Crippen molar-refractivity contribution in [2.24, 2.45) is 0 Å². The highest BCUT2D eigenvalue weighted by atomic mass is 79.9. The number of aromatic nitrogens is 6. The van der Waals surface area contributed by atoms with Crippen molar-refractivity contribution < 1.29 is 0 Å². The molecule has 3 rings (SSSR count). The second-order valence-electron chi connectivity index (χ2n) is 3.73. The SMILES string of the molecule is Brc1c(-c2nn[nH]n2)cnn1Cc1ccccc1. The molecule has 0 atom stereocenters. The van der Waals surface area contributed by atoms with Crippen LogP contribution < -0.4 is 0 Å². The Kier molecular flexibility index (Phi) is 2.89. The molecule has 0 saturated heterocycles. The fourth-order valence-electron chi connectivity index (χ4n) is 1.66. The van der Waals surface area contributed by atoms with Gasteiger partial charge >= 0.3 is 0 Å². The summed E-state index contributed by atoms with van der Waals surface area (Å²) in [6.45, 7) is 0.694. The van der Waals surface area contributed by atoms with Crippen LogP contribution in [0, 0.1) is 0 Å². The van der Waals surface area contributed by atoms with Crippen molar-refractivity contribution in [3.63, 3.8) is 0 Å². The Labute approximate surface area is 111 Å². The van der Waals surface area contributed by atoms with Gasteiger partial charge in [0.15, 0.2) is 0 Å². The van der Waals surface area contributed by atoms with Crippen LogP contribution in [0.1, 0.15) is 5.56 Å². The average Bonchev–Trinajstić information content (AvgIpc) is 3.02. The Bertz CT molecular complexity index is 631. The van der Waals surface area contributed by atoms with Crippen LogP contribution in [0.2, 0.25) is 0 Å². The van der Waals surface area contributed by atoms with Crippen LogP contribution in [-0.2, 0) is 6.54 Å². The summed E-state index contributed by atoms with van der Waals surface area (Å²) < 4.78 is 2.69. The molecule has 1 N–H and O–H groups in total.